The van der Waals surface area contributed by atoms with Crippen LogP contribution in [0.15, 0.2) is 36.4 Å². The number of hydrogen-bond acceptors (Lipinski definition) is 3. The molecule has 4 nitrogen and oxygen atoms in total. The van der Waals surface area contributed by atoms with Gasteiger partial charge in [-0.1, -0.05) is 32.0 Å². The van der Waals surface area contributed by atoms with E-state index in [4.69, 9.17) is 9.47 Å². The molecule has 0 heterocycles. The fourth-order valence-corrected chi connectivity index (χ4v) is 2.49. The molecule has 0 radical (unpaired) electrons. The smallest absolute Gasteiger partial charge is 0.255 e. The molecule has 0 fully saturated rings. The molecule has 134 valence electrons. The van der Waals surface area contributed by atoms with Crippen molar-refractivity contribution in [2.75, 3.05) is 18.5 Å². The van der Waals surface area contributed by atoms with E-state index in [9.17, 15) is 4.79 Å². The van der Waals surface area contributed by atoms with Crippen LogP contribution < -0.4 is 14.8 Å². The van der Waals surface area contributed by atoms with Crippen LogP contribution in [-0.2, 0) is 0 Å². The number of carbonyl (C=O) groups excluding carboxylic acids is 1. The predicted molar refractivity (Wildman–Crippen MR) is 102 cm³/mol. The first-order valence-electron chi connectivity index (χ1n) is 8.69. The fraction of sp³-hybridized carbons (Fsp3) is 0.381. The number of hydrogen-bond donors (Lipinski definition) is 1. The van der Waals surface area contributed by atoms with Crippen molar-refractivity contribution in [2.45, 2.75) is 34.6 Å². The summed E-state index contributed by atoms with van der Waals surface area (Å²) in [6.45, 7) is 11.2. The van der Waals surface area contributed by atoms with Gasteiger partial charge in [0, 0.05) is 11.3 Å². The summed E-state index contributed by atoms with van der Waals surface area (Å²) in [6.07, 6.45) is 0. The van der Waals surface area contributed by atoms with E-state index < -0.39 is 0 Å². The van der Waals surface area contributed by atoms with E-state index in [-0.39, 0.29) is 5.91 Å². The Morgan fingerprint density at radius 3 is 2.32 bits per heavy atom. The summed E-state index contributed by atoms with van der Waals surface area (Å²) in [4.78, 5) is 12.6. The number of anilines is 1. The first-order chi connectivity index (χ1) is 11.9. The van der Waals surface area contributed by atoms with Gasteiger partial charge in [0.1, 0.15) is 0 Å². The zero-order chi connectivity index (χ0) is 18.4. The molecule has 25 heavy (non-hydrogen) atoms. The average Bonchev–Trinajstić information content (AvgIpc) is 2.57. The summed E-state index contributed by atoms with van der Waals surface area (Å²) in [5.74, 6) is 1.52. The van der Waals surface area contributed by atoms with Gasteiger partial charge in [-0.05, 0) is 56.0 Å². The highest BCUT2D eigenvalue weighted by Gasteiger charge is 2.14. The van der Waals surface area contributed by atoms with Crippen LogP contribution in [0.3, 0.4) is 0 Å². The van der Waals surface area contributed by atoms with Crippen LogP contribution in [0.5, 0.6) is 11.5 Å². The maximum atomic E-state index is 12.6. The first-order valence-corrected chi connectivity index (χ1v) is 8.69. The van der Waals surface area contributed by atoms with Crippen LogP contribution in [-0.4, -0.2) is 19.1 Å². The van der Waals surface area contributed by atoms with E-state index in [1.807, 2.05) is 39.0 Å². The second-order valence-electron chi connectivity index (χ2n) is 6.52. The highest BCUT2D eigenvalue weighted by Crippen LogP contribution is 2.30. The molecule has 4 heteroatoms. The third kappa shape index (κ3) is 4.99. The highest BCUT2D eigenvalue weighted by atomic mass is 16.5. The summed E-state index contributed by atoms with van der Waals surface area (Å²) in [7, 11) is 0. The van der Waals surface area contributed by atoms with Crippen LogP contribution in [0.1, 0.15) is 42.3 Å². The number of nitrogens with one attached hydrogen (secondary N) is 1. The number of aryl methyl sites for hydroxylation is 2. The molecule has 2 aromatic carbocycles. The number of para-hydroxylation sites is 1. The first kappa shape index (κ1) is 18.8. The lowest BCUT2D eigenvalue weighted by molar-refractivity contribution is 0.102. The van der Waals surface area contributed by atoms with E-state index in [2.05, 4.69) is 19.2 Å². The molecule has 1 amide bonds. The zero-order valence-electron chi connectivity index (χ0n) is 15.7. The number of carbonyl (C=O) groups is 1. The van der Waals surface area contributed by atoms with Crippen molar-refractivity contribution in [1.29, 1.82) is 0 Å². The molecule has 0 aromatic heterocycles. The van der Waals surface area contributed by atoms with E-state index in [1.165, 1.54) is 0 Å². The van der Waals surface area contributed by atoms with E-state index in [0.29, 0.717) is 36.2 Å². The second kappa shape index (κ2) is 8.56. The molecule has 1 N–H and O–H groups in total. The van der Waals surface area contributed by atoms with Crippen molar-refractivity contribution in [1.82, 2.24) is 0 Å². The lowest BCUT2D eigenvalue weighted by Gasteiger charge is -2.15. The van der Waals surface area contributed by atoms with Crippen molar-refractivity contribution in [3.63, 3.8) is 0 Å². The van der Waals surface area contributed by atoms with Crippen LogP contribution in [0.25, 0.3) is 0 Å². The van der Waals surface area contributed by atoms with Crippen LogP contribution in [0.2, 0.25) is 0 Å². The van der Waals surface area contributed by atoms with Gasteiger partial charge in [0.05, 0.1) is 13.2 Å². The molecule has 0 saturated heterocycles. The molecule has 0 atom stereocenters. The monoisotopic (exact) mass is 341 g/mol. The molecule has 0 unspecified atom stereocenters. The summed E-state index contributed by atoms with van der Waals surface area (Å²) < 4.78 is 11.4. The Bertz CT molecular complexity index is 718. The van der Waals surface area contributed by atoms with E-state index >= 15 is 0 Å². The number of rotatable bonds is 7. The molecule has 0 aliphatic rings. The normalized spacial score (nSPS) is 10.6. The van der Waals surface area contributed by atoms with Gasteiger partial charge in [0.2, 0.25) is 0 Å². The van der Waals surface area contributed by atoms with Crippen molar-refractivity contribution in [3.05, 3.63) is 53.1 Å². The van der Waals surface area contributed by atoms with Gasteiger partial charge >= 0.3 is 0 Å². The summed E-state index contributed by atoms with van der Waals surface area (Å²) in [5, 5.41) is 3.00. The Kier molecular flexibility index (Phi) is 6.45. The minimum absolute atomic E-state index is 0.159. The molecular formula is C21H27NO3. The Morgan fingerprint density at radius 1 is 1.04 bits per heavy atom. The van der Waals surface area contributed by atoms with Gasteiger partial charge in [-0.3, -0.25) is 4.79 Å². The molecule has 2 rings (SSSR count). The van der Waals surface area contributed by atoms with E-state index in [1.54, 1.807) is 18.2 Å². The number of amides is 1. The van der Waals surface area contributed by atoms with Gasteiger partial charge in [0.15, 0.2) is 11.5 Å². The number of benzene rings is 2. The SMILES string of the molecule is CCOc1cc(C(=O)Nc2c(C)cccc2C)ccc1OCC(C)C. The summed E-state index contributed by atoms with van der Waals surface area (Å²) in [5.41, 5.74) is 3.47. The molecule has 0 aliphatic heterocycles. The number of ether oxygens (including phenoxy) is 2. The van der Waals surface area contributed by atoms with Gasteiger partial charge in [-0.15, -0.1) is 0 Å². The Hall–Kier alpha value is -2.49. The van der Waals surface area contributed by atoms with Gasteiger partial charge in [-0.2, -0.15) is 0 Å². The maximum absolute atomic E-state index is 12.6. The molecule has 0 saturated carbocycles. The average molecular weight is 341 g/mol. The Labute approximate surface area is 150 Å². The maximum Gasteiger partial charge on any atom is 0.255 e. The summed E-state index contributed by atoms with van der Waals surface area (Å²) in [6, 6.07) is 11.2. The highest BCUT2D eigenvalue weighted by molar-refractivity contribution is 6.05. The van der Waals surface area contributed by atoms with Crippen molar-refractivity contribution in [2.24, 2.45) is 5.92 Å². The molecular weight excluding hydrogens is 314 g/mol. The van der Waals surface area contributed by atoms with Crippen molar-refractivity contribution in [3.8, 4) is 11.5 Å². The standard InChI is InChI=1S/C21H27NO3/c1-6-24-19-12-17(10-11-18(19)25-13-14(2)3)21(23)22-20-15(4)8-7-9-16(20)5/h7-12,14H,6,13H2,1-5H3,(H,22,23). The van der Waals surface area contributed by atoms with Crippen LogP contribution in [0, 0.1) is 19.8 Å². The van der Waals surface area contributed by atoms with Crippen molar-refractivity contribution < 1.29 is 14.3 Å². The third-order valence-corrected chi connectivity index (χ3v) is 3.80. The second-order valence-corrected chi connectivity index (χ2v) is 6.52. The minimum Gasteiger partial charge on any atom is -0.490 e. The molecule has 0 bridgehead atoms. The summed E-state index contributed by atoms with van der Waals surface area (Å²) >= 11 is 0. The third-order valence-electron chi connectivity index (χ3n) is 3.80. The van der Waals surface area contributed by atoms with Gasteiger partial charge < -0.3 is 14.8 Å². The lowest BCUT2D eigenvalue weighted by Crippen LogP contribution is -2.14. The van der Waals surface area contributed by atoms with Crippen LogP contribution >= 0.6 is 0 Å². The van der Waals surface area contributed by atoms with Gasteiger partial charge in [-0.25, -0.2) is 0 Å². The molecule has 0 aliphatic carbocycles. The van der Waals surface area contributed by atoms with Gasteiger partial charge in [0.25, 0.3) is 5.91 Å². The quantitative estimate of drug-likeness (QED) is 0.772. The Morgan fingerprint density at radius 2 is 1.72 bits per heavy atom. The van der Waals surface area contributed by atoms with Crippen molar-refractivity contribution >= 4 is 11.6 Å². The predicted octanol–water partition coefficient (Wildman–Crippen LogP) is 4.99. The largest absolute Gasteiger partial charge is 0.490 e. The Balaban J connectivity index is 2.23. The minimum atomic E-state index is -0.159. The van der Waals surface area contributed by atoms with Crippen LogP contribution in [0.4, 0.5) is 5.69 Å². The molecule has 0 spiro atoms. The topological polar surface area (TPSA) is 47.6 Å². The fourth-order valence-electron chi connectivity index (χ4n) is 2.49. The molecule has 2 aromatic rings. The zero-order valence-corrected chi connectivity index (χ0v) is 15.7. The lowest BCUT2D eigenvalue weighted by atomic mass is 10.1. The van der Waals surface area contributed by atoms with E-state index in [0.717, 1.165) is 16.8 Å².